The zero-order valence-electron chi connectivity index (χ0n) is 28.4. The van der Waals surface area contributed by atoms with Gasteiger partial charge in [-0.05, 0) is 49.1 Å². The minimum atomic E-state index is -0.902. The highest BCUT2D eigenvalue weighted by Crippen LogP contribution is 2.39. The Morgan fingerprint density at radius 3 is 2.49 bits per heavy atom. The third-order valence-electron chi connectivity index (χ3n) is 8.87. The summed E-state index contributed by atoms with van der Waals surface area (Å²) in [6.45, 7) is 6.97. The lowest BCUT2D eigenvalue weighted by atomic mass is 9.98. The molecule has 0 saturated heterocycles. The molecule has 0 spiro atoms. The second kappa shape index (κ2) is 16.6. The fraction of sp³-hybridized carbons (Fsp3) is 0.436. The zero-order valence-corrected chi connectivity index (χ0v) is 28.4. The first-order valence-electron chi connectivity index (χ1n) is 17.1. The van der Waals surface area contributed by atoms with Crippen molar-refractivity contribution in [2.75, 3.05) is 20.3 Å². The first kappa shape index (κ1) is 34.2. The number of carbonyl (C=O) groups is 1. The Bertz CT molecular complexity index is 1780. The van der Waals surface area contributed by atoms with E-state index in [0.29, 0.717) is 51.5 Å². The Hall–Kier alpha value is -4.14. The molecule has 6 rings (SSSR count). The van der Waals surface area contributed by atoms with E-state index in [2.05, 4.69) is 44.2 Å². The van der Waals surface area contributed by atoms with Crippen molar-refractivity contribution in [1.82, 2.24) is 14.3 Å². The van der Waals surface area contributed by atoms with Crippen molar-refractivity contribution in [2.24, 2.45) is 7.05 Å². The van der Waals surface area contributed by atoms with Crippen molar-refractivity contribution in [3.05, 3.63) is 83.3 Å². The number of para-hydroxylation sites is 1. The Kier molecular flexibility index (Phi) is 12.1. The maximum Gasteiger partial charge on any atom is 0.352 e. The highest BCUT2D eigenvalue weighted by Gasteiger charge is 2.27. The van der Waals surface area contributed by atoms with Crippen LogP contribution in [-0.2, 0) is 42.7 Å². The molecule has 3 heterocycles. The molecule has 5 aromatic rings. The van der Waals surface area contributed by atoms with Crippen LogP contribution < -0.4 is 4.74 Å². The van der Waals surface area contributed by atoms with E-state index < -0.39 is 5.97 Å². The number of unbranched alkanes of at least 4 members (excludes halogenated alkanes) is 2. The Morgan fingerprint density at radius 1 is 0.957 bits per heavy atom. The Morgan fingerprint density at radius 2 is 1.72 bits per heavy atom. The van der Waals surface area contributed by atoms with Gasteiger partial charge in [0.15, 0.2) is 0 Å². The van der Waals surface area contributed by atoms with Crippen LogP contribution in [0.25, 0.3) is 32.8 Å². The van der Waals surface area contributed by atoms with Gasteiger partial charge in [-0.3, -0.25) is 4.68 Å². The highest BCUT2D eigenvalue weighted by atomic mass is 16.5. The molecular formula is C39H49N3O5. The molecule has 47 heavy (non-hydrogen) atoms. The van der Waals surface area contributed by atoms with Crippen molar-refractivity contribution in [2.45, 2.75) is 85.0 Å². The molecule has 8 nitrogen and oxygen atoms in total. The van der Waals surface area contributed by atoms with Gasteiger partial charge < -0.3 is 23.9 Å². The molecule has 0 amide bonds. The number of aryl methyl sites for hydroxylation is 3. The molecule has 0 fully saturated rings. The summed E-state index contributed by atoms with van der Waals surface area (Å²) in [5.41, 5.74) is 5.87. The molecule has 250 valence electrons. The maximum atomic E-state index is 12.9. The zero-order chi connectivity index (χ0) is 33.2. The molecule has 0 radical (unpaired) electrons. The van der Waals surface area contributed by atoms with Crippen molar-refractivity contribution in [3.8, 4) is 16.9 Å². The van der Waals surface area contributed by atoms with Crippen LogP contribution in [0.1, 0.15) is 86.2 Å². The molecule has 1 aliphatic rings. The number of benzene rings is 3. The number of nitrogens with zero attached hydrogens (tertiary/aromatic N) is 3. The van der Waals surface area contributed by atoms with Gasteiger partial charge in [0.25, 0.3) is 0 Å². The van der Waals surface area contributed by atoms with Gasteiger partial charge in [0, 0.05) is 49.2 Å². The summed E-state index contributed by atoms with van der Waals surface area (Å²) in [6.07, 6.45) is 8.11. The van der Waals surface area contributed by atoms with E-state index >= 15 is 0 Å². The molecule has 1 aliphatic heterocycles. The molecule has 0 atom stereocenters. The van der Waals surface area contributed by atoms with Gasteiger partial charge in [-0.1, -0.05) is 87.7 Å². The molecule has 0 unspecified atom stereocenters. The molecular weight excluding hydrogens is 590 g/mol. The normalized spacial score (nSPS) is 13.4. The first-order valence-corrected chi connectivity index (χ1v) is 17.1. The van der Waals surface area contributed by atoms with Gasteiger partial charge >= 0.3 is 5.97 Å². The summed E-state index contributed by atoms with van der Waals surface area (Å²) >= 11 is 0. The molecule has 0 aliphatic carbocycles. The number of carboxylic acids is 1. The van der Waals surface area contributed by atoms with E-state index in [-0.39, 0.29) is 0 Å². The summed E-state index contributed by atoms with van der Waals surface area (Å²) in [6, 6.07) is 20.4. The maximum absolute atomic E-state index is 12.9. The van der Waals surface area contributed by atoms with Gasteiger partial charge in [0.05, 0.1) is 36.7 Å². The van der Waals surface area contributed by atoms with Crippen molar-refractivity contribution in [3.63, 3.8) is 0 Å². The van der Waals surface area contributed by atoms with E-state index in [1.165, 1.54) is 19.3 Å². The van der Waals surface area contributed by atoms with E-state index in [4.69, 9.17) is 19.3 Å². The number of hydrogen-bond acceptors (Lipinski definition) is 5. The molecule has 2 aromatic heterocycles. The summed E-state index contributed by atoms with van der Waals surface area (Å²) in [4.78, 5) is 12.9. The van der Waals surface area contributed by atoms with Crippen LogP contribution in [0, 0.1) is 0 Å². The predicted molar refractivity (Wildman–Crippen MR) is 188 cm³/mol. The van der Waals surface area contributed by atoms with Gasteiger partial charge in [0.1, 0.15) is 11.4 Å². The Labute approximate surface area is 278 Å². The minimum absolute atomic E-state index is 0.352. The predicted octanol–water partition coefficient (Wildman–Crippen LogP) is 8.95. The molecule has 3 aromatic carbocycles. The summed E-state index contributed by atoms with van der Waals surface area (Å²) in [7, 11) is 3.59. The van der Waals surface area contributed by atoms with E-state index in [1.807, 2.05) is 46.6 Å². The second-order valence-electron chi connectivity index (χ2n) is 12.2. The fourth-order valence-corrected chi connectivity index (χ4v) is 6.66. The lowest BCUT2D eigenvalue weighted by Crippen LogP contribution is -2.12. The average molecular weight is 640 g/mol. The lowest BCUT2D eigenvalue weighted by Gasteiger charge is -2.15. The van der Waals surface area contributed by atoms with Gasteiger partial charge in [-0.25, -0.2) is 4.79 Å². The number of aromatic carboxylic acids is 1. The minimum Gasteiger partial charge on any atom is -0.493 e. The van der Waals surface area contributed by atoms with Gasteiger partial charge in [-0.2, -0.15) is 5.10 Å². The third kappa shape index (κ3) is 7.71. The van der Waals surface area contributed by atoms with Crippen LogP contribution in [0.2, 0.25) is 0 Å². The number of hydrogen-bond donors (Lipinski definition) is 1. The summed E-state index contributed by atoms with van der Waals surface area (Å²) < 4.78 is 21.7. The van der Waals surface area contributed by atoms with Crippen molar-refractivity contribution < 1.29 is 24.1 Å². The van der Waals surface area contributed by atoms with Gasteiger partial charge in [-0.15, -0.1) is 0 Å². The van der Waals surface area contributed by atoms with Crippen LogP contribution >= 0.6 is 0 Å². The average Bonchev–Trinajstić information content (AvgIpc) is 3.56. The number of methoxy groups -OCH3 is 1. The summed E-state index contributed by atoms with van der Waals surface area (Å²) in [5, 5.41) is 18.5. The fourth-order valence-electron chi connectivity index (χ4n) is 6.66. The number of ether oxygens (including phenoxy) is 3. The number of rotatable bonds is 10. The SMILES string of the molecule is CCCCC.COCc1nn(C)c2c1-c1cccc3c(CCCOc4cccc5ccccc45)c(C(=O)O)n(c13)CCCCCOC2. The van der Waals surface area contributed by atoms with E-state index in [0.717, 1.165) is 74.8 Å². The van der Waals surface area contributed by atoms with Crippen LogP contribution in [0.15, 0.2) is 60.7 Å². The van der Waals surface area contributed by atoms with Crippen LogP contribution in [0.3, 0.4) is 0 Å². The van der Waals surface area contributed by atoms with Gasteiger partial charge in [0.2, 0.25) is 0 Å². The standard InChI is InChI=1S/C34H37N3O5.C5H12/c1-36-29-22-41-19-7-3-6-18-37-32-25(14-9-15-27(32)31(29)28(35-36)21-40-2)26(33(37)34(38)39)16-10-20-42-30-17-8-12-23-11-4-5-13-24(23)30;1-3-5-4-2/h4-5,8-9,11-15,17H,3,6-7,10,16,18-22H2,1-2H3,(H,38,39);3-5H2,1-2H3. The first-order chi connectivity index (χ1) is 23.0. The van der Waals surface area contributed by atoms with E-state index in [1.54, 1.807) is 7.11 Å². The lowest BCUT2D eigenvalue weighted by molar-refractivity contribution is 0.0683. The van der Waals surface area contributed by atoms with Crippen LogP contribution in [-0.4, -0.2) is 45.7 Å². The Balaban J connectivity index is 0.000000807. The van der Waals surface area contributed by atoms with Crippen molar-refractivity contribution >= 4 is 27.6 Å². The number of aromatic nitrogens is 3. The van der Waals surface area contributed by atoms with Crippen LogP contribution in [0.5, 0.6) is 5.75 Å². The van der Waals surface area contributed by atoms with Crippen LogP contribution in [0.4, 0.5) is 0 Å². The third-order valence-corrected chi connectivity index (χ3v) is 8.87. The topological polar surface area (TPSA) is 87.7 Å². The second-order valence-corrected chi connectivity index (χ2v) is 12.2. The molecule has 8 heteroatoms. The largest absolute Gasteiger partial charge is 0.493 e. The smallest absolute Gasteiger partial charge is 0.352 e. The quantitative estimate of drug-likeness (QED) is 0.154. The van der Waals surface area contributed by atoms with E-state index in [9.17, 15) is 9.90 Å². The summed E-state index contributed by atoms with van der Waals surface area (Å²) in [5.74, 6) is -0.0557. The van der Waals surface area contributed by atoms with Crippen molar-refractivity contribution in [1.29, 1.82) is 0 Å². The highest BCUT2D eigenvalue weighted by molar-refractivity contribution is 6.04. The molecule has 0 bridgehead atoms. The number of fused-ring (bicyclic) bond motifs is 3. The molecule has 0 saturated carbocycles. The monoisotopic (exact) mass is 639 g/mol. The molecule has 1 N–H and O–H groups in total. The number of carboxylic acid groups (broad SMARTS) is 1.